The first-order valence-corrected chi connectivity index (χ1v) is 8.34. The van der Waals surface area contributed by atoms with Crippen molar-refractivity contribution < 1.29 is 4.79 Å². The van der Waals surface area contributed by atoms with Gasteiger partial charge in [0.2, 0.25) is 0 Å². The van der Waals surface area contributed by atoms with Crippen molar-refractivity contribution >= 4 is 11.6 Å². The van der Waals surface area contributed by atoms with Crippen LogP contribution in [0.25, 0.3) is 0 Å². The summed E-state index contributed by atoms with van der Waals surface area (Å²) in [6, 6.07) is 12.4. The van der Waals surface area contributed by atoms with Crippen molar-refractivity contribution in [3.8, 4) is 0 Å². The smallest absolute Gasteiger partial charge is 0.269 e. The number of fused-ring (bicyclic) bond motifs is 1. The second-order valence-corrected chi connectivity index (χ2v) is 6.40. The van der Waals surface area contributed by atoms with E-state index in [-0.39, 0.29) is 5.91 Å². The molecule has 1 amide bonds. The zero-order chi connectivity index (χ0) is 16.9. The number of pyridine rings is 1. The molecule has 24 heavy (non-hydrogen) atoms. The number of nitrogens with one attached hydrogen (secondary N) is 1. The van der Waals surface area contributed by atoms with Gasteiger partial charge in [-0.05, 0) is 43.8 Å². The third-order valence-corrected chi connectivity index (χ3v) is 4.32. The van der Waals surface area contributed by atoms with Gasteiger partial charge in [0.15, 0.2) is 0 Å². The molecule has 3 rings (SSSR count). The third-order valence-electron chi connectivity index (χ3n) is 4.32. The van der Waals surface area contributed by atoms with Gasteiger partial charge >= 0.3 is 0 Å². The largest absolute Gasteiger partial charge is 0.366 e. The molecule has 0 atom stereocenters. The maximum atomic E-state index is 12.1. The highest BCUT2D eigenvalue weighted by molar-refractivity contribution is 5.92. The van der Waals surface area contributed by atoms with Crippen molar-refractivity contribution in [2.45, 2.75) is 13.0 Å². The topological polar surface area (TPSA) is 48.5 Å². The summed E-state index contributed by atoms with van der Waals surface area (Å²) < 4.78 is 0. The number of aromatic nitrogens is 1. The number of rotatable bonds is 5. The highest BCUT2D eigenvalue weighted by atomic mass is 16.1. The Hall–Kier alpha value is -2.40. The van der Waals surface area contributed by atoms with Crippen LogP contribution in [0.1, 0.15) is 21.6 Å². The normalized spacial score (nSPS) is 13.7. The monoisotopic (exact) mass is 324 g/mol. The minimum absolute atomic E-state index is 0.118. The average molecular weight is 324 g/mol. The Morgan fingerprint density at radius 2 is 2.00 bits per heavy atom. The summed E-state index contributed by atoms with van der Waals surface area (Å²) in [7, 11) is 3.96. The van der Waals surface area contributed by atoms with Gasteiger partial charge in [0.25, 0.3) is 5.91 Å². The first-order chi connectivity index (χ1) is 11.6. The van der Waals surface area contributed by atoms with E-state index in [9.17, 15) is 4.79 Å². The summed E-state index contributed by atoms with van der Waals surface area (Å²) in [5, 5.41) is 2.89. The van der Waals surface area contributed by atoms with E-state index in [2.05, 4.69) is 39.5 Å². The molecule has 0 spiro atoms. The Labute approximate surface area is 143 Å². The van der Waals surface area contributed by atoms with E-state index in [1.165, 1.54) is 11.1 Å². The molecule has 2 heterocycles. The second kappa shape index (κ2) is 7.45. The SMILES string of the molecule is CN(C)CCNC(=O)c1ccc(N2CCc3ccccc3C2)cn1. The van der Waals surface area contributed by atoms with E-state index in [0.29, 0.717) is 12.2 Å². The molecule has 1 aliphatic heterocycles. The van der Waals surface area contributed by atoms with Crippen LogP contribution in [0.4, 0.5) is 5.69 Å². The third kappa shape index (κ3) is 3.92. The number of likely N-dealkylation sites (N-methyl/N-ethyl adjacent to an activating group) is 1. The molecular weight excluding hydrogens is 300 g/mol. The van der Waals surface area contributed by atoms with Crippen molar-refractivity contribution in [3.05, 3.63) is 59.4 Å². The highest BCUT2D eigenvalue weighted by Gasteiger charge is 2.16. The molecule has 0 saturated carbocycles. The highest BCUT2D eigenvalue weighted by Crippen LogP contribution is 2.23. The maximum Gasteiger partial charge on any atom is 0.269 e. The van der Waals surface area contributed by atoms with Crippen molar-refractivity contribution in [1.29, 1.82) is 0 Å². The van der Waals surface area contributed by atoms with Crippen molar-refractivity contribution in [1.82, 2.24) is 15.2 Å². The molecule has 1 N–H and O–H groups in total. The van der Waals surface area contributed by atoms with E-state index in [4.69, 9.17) is 0 Å². The molecule has 0 bridgehead atoms. The molecule has 5 heteroatoms. The van der Waals surface area contributed by atoms with Crippen LogP contribution in [0.15, 0.2) is 42.6 Å². The summed E-state index contributed by atoms with van der Waals surface area (Å²) >= 11 is 0. The summed E-state index contributed by atoms with van der Waals surface area (Å²) in [6.45, 7) is 3.31. The summed E-state index contributed by atoms with van der Waals surface area (Å²) in [4.78, 5) is 20.8. The van der Waals surface area contributed by atoms with Crippen LogP contribution in [-0.4, -0.2) is 49.5 Å². The molecular formula is C19H24N4O. The number of carbonyl (C=O) groups is 1. The van der Waals surface area contributed by atoms with Gasteiger partial charge in [0.05, 0.1) is 11.9 Å². The quantitative estimate of drug-likeness (QED) is 0.913. The van der Waals surface area contributed by atoms with Crippen LogP contribution in [0.2, 0.25) is 0 Å². The predicted octanol–water partition coefficient (Wildman–Crippen LogP) is 1.94. The Kier molecular flexibility index (Phi) is 5.11. The number of benzene rings is 1. The molecule has 0 unspecified atom stereocenters. The molecule has 1 aromatic heterocycles. The van der Waals surface area contributed by atoms with Crippen molar-refractivity contribution in [2.24, 2.45) is 0 Å². The average Bonchev–Trinajstić information content (AvgIpc) is 2.61. The molecule has 1 aliphatic rings. The van der Waals surface area contributed by atoms with Crippen molar-refractivity contribution in [2.75, 3.05) is 38.6 Å². The van der Waals surface area contributed by atoms with E-state index in [1.807, 2.05) is 25.1 Å². The number of hydrogen-bond acceptors (Lipinski definition) is 4. The Bertz CT molecular complexity index is 697. The fourth-order valence-electron chi connectivity index (χ4n) is 2.91. The lowest BCUT2D eigenvalue weighted by molar-refractivity contribution is 0.0946. The first kappa shape index (κ1) is 16.5. The Morgan fingerprint density at radius 1 is 1.21 bits per heavy atom. The lowest BCUT2D eigenvalue weighted by atomic mass is 10.00. The lowest BCUT2D eigenvalue weighted by Crippen LogP contribution is -2.32. The van der Waals surface area contributed by atoms with Gasteiger partial charge in [-0.15, -0.1) is 0 Å². The van der Waals surface area contributed by atoms with E-state index >= 15 is 0 Å². The minimum Gasteiger partial charge on any atom is -0.366 e. The fraction of sp³-hybridized carbons (Fsp3) is 0.368. The predicted molar refractivity (Wildman–Crippen MR) is 96.3 cm³/mol. The van der Waals surface area contributed by atoms with Gasteiger partial charge < -0.3 is 15.1 Å². The molecule has 5 nitrogen and oxygen atoms in total. The zero-order valence-corrected chi connectivity index (χ0v) is 14.3. The van der Waals surface area contributed by atoms with Gasteiger partial charge in [0, 0.05) is 26.2 Å². The first-order valence-electron chi connectivity index (χ1n) is 8.34. The fourth-order valence-corrected chi connectivity index (χ4v) is 2.91. The number of anilines is 1. The van der Waals surface area contributed by atoms with E-state index in [0.717, 1.165) is 31.7 Å². The second-order valence-electron chi connectivity index (χ2n) is 6.40. The molecule has 0 radical (unpaired) electrons. The summed E-state index contributed by atoms with van der Waals surface area (Å²) in [6.07, 6.45) is 2.84. The molecule has 1 aromatic carbocycles. The molecule has 2 aromatic rings. The Morgan fingerprint density at radius 3 is 2.71 bits per heavy atom. The summed E-state index contributed by atoms with van der Waals surface area (Å²) in [5.74, 6) is -0.118. The number of hydrogen-bond donors (Lipinski definition) is 1. The Balaban J connectivity index is 1.62. The van der Waals surface area contributed by atoms with Crippen LogP contribution in [-0.2, 0) is 13.0 Å². The molecule has 0 aliphatic carbocycles. The lowest BCUT2D eigenvalue weighted by Gasteiger charge is -2.30. The van der Waals surface area contributed by atoms with E-state index in [1.54, 1.807) is 12.3 Å². The van der Waals surface area contributed by atoms with Gasteiger partial charge in [-0.3, -0.25) is 4.79 Å². The maximum absolute atomic E-state index is 12.1. The number of nitrogens with zero attached hydrogens (tertiary/aromatic N) is 3. The van der Waals surface area contributed by atoms with Gasteiger partial charge in [-0.2, -0.15) is 0 Å². The van der Waals surface area contributed by atoms with Gasteiger partial charge in [-0.1, -0.05) is 24.3 Å². The zero-order valence-electron chi connectivity index (χ0n) is 14.3. The minimum atomic E-state index is -0.118. The summed E-state index contributed by atoms with van der Waals surface area (Å²) in [5.41, 5.74) is 4.33. The standard InChI is InChI=1S/C19H24N4O/c1-22(2)12-10-20-19(24)18-8-7-17(13-21-18)23-11-9-15-5-3-4-6-16(15)14-23/h3-8,13H,9-12,14H2,1-2H3,(H,20,24). The van der Waals surface area contributed by atoms with Crippen LogP contribution in [0.3, 0.4) is 0 Å². The molecule has 0 fully saturated rings. The van der Waals surface area contributed by atoms with Crippen LogP contribution < -0.4 is 10.2 Å². The van der Waals surface area contributed by atoms with E-state index < -0.39 is 0 Å². The molecule has 0 saturated heterocycles. The molecule has 126 valence electrons. The number of carbonyl (C=O) groups excluding carboxylic acids is 1. The van der Waals surface area contributed by atoms with Gasteiger partial charge in [-0.25, -0.2) is 4.98 Å². The van der Waals surface area contributed by atoms with Crippen LogP contribution >= 0.6 is 0 Å². The number of amides is 1. The van der Waals surface area contributed by atoms with Crippen LogP contribution in [0.5, 0.6) is 0 Å². The van der Waals surface area contributed by atoms with Gasteiger partial charge in [0.1, 0.15) is 5.69 Å². The van der Waals surface area contributed by atoms with Crippen LogP contribution in [0, 0.1) is 0 Å². The van der Waals surface area contributed by atoms with Crippen molar-refractivity contribution in [3.63, 3.8) is 0 Å².